The molecule has 4 nitrogen and oxygen atoms in total. The standard InChI is InChI=1S/C16H23NO3/c1-11(2)16(19)9-17(10-16)15(18)8-20-14-7-12(3)5-6-13(14)4/h5-7,11,19H,8-10H2,1-4H3. The Morgan fingerprint density at radius 1 is 1.40 bits per heavy atom. The Labute approximate surface area is 120 Å². The maximum Gasteiger partial charge on any atom is 0.260 e. The average Bonchev–Trinajstić information content (AvgIpc) is 2.35. The average molecular weight is 277 g/mol. The van der Waals surface area contributed by atoms with Crippen LogP contribution in [0, 0.1) is 19.8 Å². The van der Waals surface area contributed by atoms with E-state index in [4.69, 9.17) is 4.74 Å². The Kier molecular flexibility index (Phi) is 4.04. The fraction of sp³-hybridized carbons (Fsp3) is 0.562. The first-order valence-corrected chi connectivity index (χ1v) is 7.02. The van der Waals surface area contributed by atoms with Gasteiger partial charge in [-0.15, -0.1) is 0 Å². The number of aryl methyl sites for hydroxylation is 2. The van der Waals surface area contributed by atoms with Crippen LogP contribution in [0.5, 0.6) is 5.75 Å². The van der Waals surface area contributed by atoms with Crippen molar-refractivity contribution >= 4 is 5.91 Å². The van der Waals surface area contributed by atoms with Gasteiger partial charge in [0.1, 0.15) is 11.4 Å². The number of carbonyl (C=O) groups is 1. The molecular weight excluding hydrogens is 254 g/mol. The molecule has 0 aliphatic carbocycles. The molecule has 2 rings (SSSR count). The number of aliphatic hydroxyl groups is 1. The van der Waals surface area contributed by atoms with Gasteiger partial charge in [-0.1, -0.05) is 26.0 Å². The van der Waals surface area contributed by atoms with Crippen LogP contribution >= 0.6 is 0 Å². The molecule has 0 bridgehead atoms. The molecule has 1 aromatic carbocycles. The molecule has 1 saturated heterocycles. The van der Waals surface area contributed by atoms with Crippen LogP contribution < -0.4 is 4.74 Å². The smallest absolute Gasteiger partial charge is 0.260 e. The highest BCUT2D eigenvalue weighted by molar-refractivity contribution is 5.79. The zero-order chi connectivity index (χ0) is 14.9. The highest BCUT2D eigenvalue weighted by Gasteiger charge is 2.45. The summed E-state index contributed by atoms with van der Waals surface area (Å²) >= 11 is 0. The Bertz CT molecular complexity index is 504. The van der Waals surface area contributed by atoms with Gasteiger partial charge in [-0.2, -0.15) is 0 Å². The first-order valence-electron chi connectivity index (χ1n) is 7.02. The van der Waals surface area contributed by atoms with Crippen molar-refractivity contribution in [1.82, 2.24) is 4.90 Å². The number of nitrogens with zero attached hydrogens (tertiary/aromatic N) is 1. The molecule has 1 amide bonds. The second-order valence-electron chi connectivity index (χ2n) is 6.07. The Hall–Kier alpha value is -1.55. The van der Waals surface area contributed by atoms with Gasteiger partial charge in [-0.3, -0.25) is 4.79 Å². The van der Waals surface area contributed by atoms with Gasteiger partial charge in [0.2, 0.25) is 0 Å². The molecule has 0 saturated carbocycles. The fourth-order valence-corrected chi connectivity index (χ4v) is 2.25. The van der Waals surface area contributed by atoms with E-state index in [1.54, 1.807) is 4.90 Å². The largest absolute Gasteiger partial charge is 0.483 e. The van der Waals surface area contributed by atoms with Crippen molar-refractivity contribution in [2.75, 3.05) is 19.7 Å². The predicted molar refractivity (Wildman–Crippen MR) is 77.8 cm³/mol. The van der Waals surface area contributed by atoms with Crippen LogP contribution in [-0.4, -0.2) is 41.2 Å². The minimum Gasteiger partial charge on any atom is -0.483 e. The maximum atomic E-state index is 12.0. The van der Waals surface area contributed by atoms with E-state index in [1.165, 1.54) is 0 Å². The van der Waals surface area contributed by atoms with Crippen LogP contribution in [0.3, 0.4) is 0 Å². The lowest BCUT2D eigenvalue weighted by Crippen LogP contribution is -2.66. The van der Waals surface area contributed by atoms with Gasteiger partial charge in [0.25, 0.3) is 5.91 Å². The molecule has 1 aliphatic rings. The number of carbonyl (C=O) groups excluding carboxylic acids is 1. The highest BCUT2D eigenvalue weighted by atomic mass is 16.5. The van der Waals surface area contributed by atoms with Crippen LogP contribution in [0.15, 0.2) is 18.2 Å². The quantitative estimate of drug-likeness (QED) is 0.914. The van der Waals surface area contributed by atoms with Gasteiger partial charge in [-0.05, 0) is 37.0 Å². The number of β-amino-alcohol motifs (C(OH)–C–C–N with tert-alkyl or cyclic N) is 1. The molecule has 20 heavy (non-hydrogen) atoms. The number of ether oxygens (including phenoxy) is 1. The van der Waals surface area contributed by atoms with E-state index >= 15 is 0 Å². The van der Waals surface area contributed by atoms with E-state index < -0.39 is 5.60 Å². The van der Waals surface area contributed by atoms with E-state index in [9.17, 15) is 9.90 Å². The number of hydrogen-bond donors (Lipinski definition) is 1. The van der Waals surface area contributed by atoms with Gasteiger partial charge < -0.3 is 14.7 Å². The summed E-state index contributed by atoms with van der Waals surface area (Å²) in [7, 11) is 0. The Morgan fingerprint density at radius 3 is 2.65 bits per heavy atom. The summed E-state index contributed by atoms with van der Waals surface area (Å²) in [6.07, 6.45) is 0. The van der Waals surface area contributed by atoms with Crippen molar-refractivity contribution in [3.05, 3.63) is 29.3 Å². The third-order valence-corrected chi connectivity index (χ3v) is 4.05. The monoisotopic (exact) mass is 277 g/mol. The van der Waals surface area contributed by atoms with Crippen LogP contribution in [0.1, 0.15) is 25.0 Å². The summed E-state index contributed by atoms with van der Waals surface area (Å²) in [6, 6.07) is 5.93. The molecule has 4 heteroatoms. The van der Waals surface area contributed by atoms with E-state index in [0.717, 1.165) is 16.9 Å². The lowest BCUT2D eigenvalue weighted by Gasteiger charge is -2.48. The van der Waals surface area contributed by atoms with Gasteiger partial charge in [0.05, 0.1) is 13.1 Å². The van der Waals surface area contributed by atoms with Crippen molar-refractivity contribution < 1.29 is 14.6 Å². The molecule has 0 aromatic heterocycles. The number of hydrogen-bond acceptors (Lipinski definition) is 3. The highest BCUT2D eigenvalue weighted by Crippen LogP contribution is 2.28. The van der Waals surface area contributed by atoms with Crippen molar-refractivity contribution in [3.8, 4) is 5.75 Å². The summed E-state index contributed by atoms with van der Waals surface area (Å²) in [5.74, 6) is 0.834. The minimum absolute atomic E-state index is 0.0263. The summed E-state index contributed by atoms with van der Waals surface area (Å²) in [6.45, 7) is 8.72. The molecule has 1 N–H and O–H groups in total. The Morgan fingerprint density at radius 2 is 2.05 bits per heavy atom. The second-order valence-corrected chi connectivity index (χ2v) is 6.07. The lowest BCUT2D eigenvalue weighted by molar-refractivity contribution is -0.165. The third-order valence-electron chi connectivity index (χ3n) is 4.05. The topological polar surface area (TPSA) is 49.8 Å². The molecule has 0 atom stereocenters. The van der Waals surface area contributed by atoms with Crippen molar-refractivity contribution in [2.45, 2.75) is 33.3 Å². The van der Waals surface area contributed by atoms with Crippen LogP contribution in [0.25, 0.3) is 0 Å². The molecule has 1 fully saturated rings. The van der Waals surface area contributed by atoms with Crippen LogP contribution in [0.4, 0.5) is 0 Å². The predicted octanol–water partition coefficient (Wildman–Crippen LogP) is 1.91. The number of benzene rings is 1. The zero-order valence-electron chi connectivity index (χ0n) is 12.6. The number of rotatable bonds is 4. The van der Waals surface area contributed by atoms with Crippen molar-refractivity contribution in [2.24, 2.45) is 5.92 Å². The molecule has 0 radical (unpaired) electrons. The summed E-state index contributed by atoms with van der Waals surface area (Å²) in [4.78, 5) is 13.6. The van der Waals surface area contributed by atoms with Crippen LogP contribution in [-0.2, 0) is 4.79 Å². The molecular formula is C16H23NO3. The molecule has 0 unspecified atom stereocenters. The van der Waals surface area contributed by atoms with Gasteiger partial charge >= 0.3 is 0 Å². The first-order chi connectivity index (χ1) is 9.32. The minimum atomic E-state index is -0.727. The van der Waals surface area contributed by atoms with E-state index in [0.29, 0.717) is 13.1 Å². The van der Waals surface area contributed by atoms with E-state index in [1.807, 2.05) is 45.9 Å². The summed E-state index contributed by atoms with van der Waals surface area (Å²) in [5, 5.41) is 10.1. The van der Waals surface area contributed by atoms with Gasteiger partial charge in [0, 0.05) is 0 Å². The molecule has 1 aromatic rings. The second kappa shape index (κ2) is 5.44. The summed E-state index contributed by atoms with van der Waals surface area (Å²) < 4.78 is 5.59. The Balaban J connectivity index is 1.87. The first kappa shape index (κ1) is 14.9. The van der Waals surface area contributed by atoms with Gasteiger partial charge in [0.15, 0.2) is 6.61 Å². The SMILES string of the molecule is Cc1ccc(C)c(OCC(=O)N2CC(O)(C(C)C)C2)c1. The molecule has 1 heterocycles. The molecule has 110 valence electrons. The molecule has 0 spiro atoms. The summed E-state index contributed by atoms with van der Waals surface area (Å²) in [5.41, 5.74) is 1.40. The zero-order valence-corrected chi connectivity index (χ0v) is 12.6. The fourth-order valence-electron chi connectivity index (χ4n) is 2.25. The van der Waals surface area contributed by atoms with Crippen molar-refractivity contribution in [1.29, 1.82) is 0 Å². The normalized spacial score (nSPS) is 17.0. The molecule has 1 aliphatic heterocycles. The lowest BCUT2D eigenvalue weighted by atomic mass is 9.83. The van der Waals surface area contributed by atoms with E-state index in [-0.39, 0.29) is 18.4 Å². The number of likely N-dealkylation sites (tertiary alicyclic amines) is 1. The number of amides is 1. The van der Waals surface area contributed by atoms with Gasteiger partial charge in [-0.25, -0.2) is 0 Å². The van der Waals surface area contributed by atoms with Crippen molar-refractivity contribution in [3.63, 3.8) is 0 Å². The maximum absolute atomic E-state index is 12.0. The third kappa shape index (κ3) is 2.96. The van der Waals surface area contributed by atoms with E-state index in [2.05, 4.69) is 0 Å². The van der Waals surface area contributed by atoms with Crippen LogP contribution in [0.2, 0.25) is 0 Å².